The summed E-state index contributed by atoms with van der Waals surface area (Å²) in [5.74, 6) is 0. The minimum Gasteiger partial charge on any atom is -0.448 e. The van der Waals surface area contributed by atoms with Crippen LogP contribution in [-0.4, -0.2) is 43.8 Å². The second-order valence-electron chi connectivity index (χ2n) is 3.52. The SMILES string of the molecule is CCNCCOC(=O)N1CCCCC1. The maximum absolute atomic E-state index is 11.4. The smallest absolute Gasteiger partial charge is 0.409 e. The summed E-state index contributed by atoms with van der Waals surface area (Å²) in [6.45, 7) is 5.90. The zero-order chi connectivity index (χ0) is 10.2. The maximum Gasteiger partial charge on any atom is 0.409 e. The number of carbonyl (C=O) groups excluding carboxylic acids is 1. The van der Waals surface area contributed by atoms with Crippen LogP contribution in [0.2, 0.25) is 0 Å². The first-order chi connectivity index (χ1) is 6.84. The fourth-order valence-electron chi connectivity index (χ4n) is 1.56. The number of amides is 1. The number of likely N-dealkylation sites (tertiary alicyclic amines) is 1. The van der Waals surface area contributed by atoms with Crippen molar-refractivity contribution in [1.82, 2.24) is 10.2 Å². The minimum atomic E-state index is -0.150. The van der Waals surface area contributed by atoms with E-state index in [0.29, 0.717) is 6.61 Å². The Morgan fingerprint density at radius 1 is 1.36 bits per heavy atom. The first-order valence-electron chi connectivity index (χ1n) is 5.47. The third-order valence-corrected chi connectivity index (χ3v) is 2.37. The number of piperidine rings is 1. The van der Waals surface area contributed by atoms with Crippen molar-refractivity contribution in [2.24, 2.45) is 0 Å². The fraction of sp³-hybridized carbons (Fsp3) is 0.900. The zero-order valence-corrected chi connectivity index (χ0v) is 8.92. The van der Waals surface area contributed by atoms with Crippen molar-refractivity contribution in [3.63, 3.8) is 0 Å². The average molecular weight is 200 g/mol. The molecule has 1 aliphatic heterocycles. The van der Waals surface area contributed by atoms with E-state index >= 15 is 0 Å². The van der Waals surface area contributed by atoms with E-state index in [1.54, 1.807) is 4.90 Å². The van der Waals surface area contributed by atoms with Gasteiger partial charge in [0, 0.05) is 19.6 Å². The van der Waals surface area contributed by atoms with Gasteiger partial charge in [-0.05, 0) is 25.8 Å². The number of hydrogen-bond acceptors (Lipinski definition) is 3. The Hall–Kier alpha value is -0.770. The van der Waals surface area contributed by atoms with E-state index in [0.717, 1.165) is 39.0 Å². The summed E-state index contributed by atoms with van der Waals surface area (Å²) in [6.07, 6.45) is 3.31. The third-order valence-electron chi connectivity index (χ3n) is 2.37. The van der Waals surface area contributed by atoms with E-state index in [-0.39, 0.29) is 6.09 Å². The number of hydrogen-bond donors (Lipinski definition) is 1. The quantitative estimate of drug-likeness (QED) is 0.694. The van der Waals surface area contributed by atoms with Crippen molar-refractivity contribution in [3.8, 4) is 0 Å². The van der Waals surface area contributed by atoms with Crippen molar-refractivity contribution in [2.45, 2.75) is 26.2 Å². The van der Waals surface area contributed by atoms with Gasteiger partial charge in [-0.1, -0.05) is 6.92 Å². The summed E-state index contributed by atoms with van der Waals surface area (Å²) in [4.78, 5) is 13.2. The number of ether oxygens (including phenoxy) is 1. The van der Waals surface area contributed by atoms with Gasteiger partial charge in [-0.3, -0.25) is 0 Å². The highest BCUT2D eigenvalue weighted by Gasteiger charge is 2.16. The second kappa shape index (κ2) is 6.65. The van der Waals surface area contributed by atoms with Crippen LogP contribution in [-0.2, 0) is 4.74 Å². The van der Waals surface area contributed by atoms with E-state index < -0.39 is 0 Å². The van der Waals surface area contributed by atoms with Gasteiger partial charge in [0.2, 0.25) is 0 Å². The van der Waals surface area contributed by atoms with Crippen molar-refractivity contribution >= 4 is 6.09 Å². The van der Waals surface area contributed by atoms with E-state index in [9.17, 15) is 4.79 Å². The lowest BCUT2D eigenvalue weighted by Crippen LogP contribution is -2.37. The van der Waals surface area contributed by atoms with E-state index in [4.69, 9.17) is 4.74 Å². The Morgan fingerprint density at radius 3 is 2.71 bits per heavy atom. The van der Waals surface area contributed by atoms with Crippen molar-refractivity contribution in [1.29, 1.82) is 0 Å². The number of likely N-dealkylation sites (N-methyl/N-ethyl adjacent to an activating group) is 1. The molecule has 1 fully saturated rings. The maximum atomic E-state index is 11.4. The molecule has 14 heavy (non-hydrogen) atoms. The predicted octanol–water partition coefficient (Wildman–Crippen LogP) is 1.22. The molecule has 0 aromatic carbocycles. The molecule has 1 saturated heterocycles. The van der Waals surface area contributed by atoms with E-state index in [2.05, 4.69) is 5.32 Å². The zero-order valence-electron chi connectivity index (χ0n) is 8.92. The molecular formula is C10H20N2O2. The molecule has 0 atom stereocenters. The number of carbonyl (C=O) groups is 1. The van der Waals surface area contributed by atoms with Crippen LogP contribution < -0.4 is 5.32 Å². The summed E-state index contributed by atoms with van der Waals surface area (Å²) >= 11 is 0. The van der Waals surface area contributed by atoms with Crippen molar-refractivity contribution in [2.75, 3.05) is 32.8 Å². The minimum absolute atomic E-state index is 0.150. The third kappa shape index (κ3) is 3.96. The Kier molecular flexibility index (Phi) is 5.37. The normalized spacial score (nSPS) is 16.8. The van der Waals surface area contributed by atoms with Crippen LogP contribution in [0.1, 0.15) is 26.2 Å². The predicted molar refractivity (Wildman–Crippen MR) is 55.3 cm³/mol. The molecule has 4 nitrogen and oxygen atoms in total. The van der Waals surface area contributed by atoms with E-state index in [1.165, 1.54) is 6.42 Å². The molecule has 1 rings (SSSR count). The van der Waals surface area contributed by atoms with Crippen LogP contribution in [0.25, 0.3) is 0 Å². The van der Waals surface area contributed by atoms with Gasteiger partial charge in [-0.2, -0.15) is 0 Å². The molecule has 0 bridgehead atoms. The van der Waals surface area contributed by atoms with Crippen LogP contribution in [0.5, 0.6) is 0 Å². The summed E-state index contributed by atoms with van der Waals surface area (Å²) in [5, 5.41) is 3.11. The molecule has 0 aromatic heterocycles. The highest BCUT2D eigenvalue weighted by molar-refractivity contribution is 5.67. The second-order valence-corrected chi connectivity index (χ2v) is 3.52. The molecule has 1 heterocycles. The Balaban J connectivity index is 2.07. The molecular weight excluding hydrogens is 180 g/mol. The topological polar surface area (TPSA) is 41.6 Å². The molecule has 0 aliphatic carbocycles. The summed E-state index contributed by atoms with van der Waals surface area (Å²) in [6, 6.07) is 0. The number of rotatable bonds is 4. The van der Waals surface area contributed by atoms with Crippen molar-refractivity contribution in [3.05, 3.63) is 0 Å². The van der Waals surface area contributed by atoms with Crippen LogP contribution in [0.4, 0.5) is 4.79 Å². The molecule has 82 valence electrons. The molecule has 4 heteroatoms. The van der Waals surface area contributed by atoms with Gasteiger partial charge in [0.15, 0.2) is 0 Å². The average Bonchev–Trinajstić information content (AvgIpc) is 2.25. The van der Waals surface area contributed by atoms with Gasteiger partial charge < -0.3 is 15.0 Å². The first-order valence-corrected chi connectivity index (χ1v) is 5.47. The fourth-order valence-corrected chi connectivity index (χ4v) is 1.56. The van der Waals surface area contributed by atoms with Gasteiger partial charge in [-0.25, -0.2) is 4.79 Å². The highest BCUT2D eigenvalue weighted by atomic mass is 16.6. The molecule has 1 N–H and O–H groups in total. The van der Waals surface area contributed by atoms with E-state index in [1.807, 2.05) is 6.92 Å². The Labute approximate surface area is 85.6 Å². The molecule has 1 amide bonds. The largest absolute Gasteiger partial charge is 0.448 e. The van der Waals surface area contributed by atoms with Gasteiger partial charge in [0.05, 0.1) is 0 Å². The molecule has 0 spiro atoms. The highest BCUT2D eigenvalue weighted by Crippen LogP contribution is 2.09. The lowest BCUT2D eigenvalue weighted by atomic mass is 10.1. The molecule has 1 aliphatic rings. The lowest BCUT2D eigenvalue weighted by Gasteiger charge is -2.25. The summed E-state index contributed by atoms with van der Waals surface area (Å²) in [7, 11) is 0. The first kappa shape index (κ1) is 11.3. The van der Waals surface area contributed by atoms with Gasteiger partial charge in [0.1, 0.15) is 6.61 Å². The number of nitrogens with one attached hydrogen (secondary N) is 1. The molecule has 0 unspecified atom stereocenters. The monoisotopic (exact) mass is 200 g/mol. The Bertz CT molecular complexity index is 168. The molecule has 0 radical (unpaired) electrons. The van der Waals surface area contributed by atoms with Crippen LogP contribution in [0.3, 0.4) is 0 Å². The standard InChI is InChI=1S/C10H20N2O2/c1-2-11-6-9-14-10(13)12-7-4-3-5-8-12/h11H,2-9H2,1H3. The summed E-state index contributed by atoms with van der Waals surface area (Å²) < 4.78 is 5.11. The Morgan fingerprint density at radius 2 is 2.07 bits per heavy atom. The van der Waals surface area contributed by atoms with Gasteiger partial charge in [-0.15, -0.1) is 0 Å². The lowest BCUT2D eigenvalue weighted by molar-refractivity contribution is 0.0960. The van der Waals surface area contributed by atoms with Gasteiger partial charge >= 0.3 is 6.09 Å². The van der Waals surface area contributed by atoms with Crippen LogP contribution in [0.15, 0.2) is 0 Å². The number of nitrogens with zero attached hydrogens (tertiary/aromatic N) is 1. The molecule has 0 aromatic rings. The molecule has 0 saturated carbocycles. The van der Waals surface area contributed by atoms with Gasteiger partial charge in [0.25, 0.3) is 0 Å². The summed E-state index contributed by atoms with van der Waals surface area (Å²) in [5.41, 5.74) is 0. The van der Waals surface area contributed by atoms with Crippen molar-refractivity contribution < 1.29 is 9.53 Å². The van der Waals surface area contributed by atoms with Crippen LogP contribution >= 0.6 is 0 Å². The van der Waals surface area contributed by atoms with Crippen LogP contribution in [0, 0.1) is 0 Å².